The number of pyridine rings is 1. The number of hydrogen-bond acceptors (Lipinski definition) is 3. The third-order valence-electron chi connectivity index (χ3n) is 3.51. The average Bonchev–Trinajstić information content (AvgIpc) is 2.54. The summed E-state index contributed by atoms with van der Waals surface area (Å²) in [6.07, 6.45) is 5.15. The van der Waals surface area contributed by atoms with Crippen LogP contribution in [0.4, 0.5) is 11.5 Å². The fraction of sp³-hybridized carbons (Fsp3) is 0.333. The number of nitrogens with one attached hydrogen (secondary N) is 2. The van der Waals surface area contributed by atoms with E-state index in [2.05, 4.69) is 22.5 Å². The summed E-state index contributed by atoms with van der Waals surface area (Å²) in [6, 6.07) is 11.4. The fourth-order valence-electron chi connectivity index (χ4n) is 2.13. The van der Waals surface area contributed by atoms with E-state index < -0.39 is 0 Å². The van der Waals surface area contributed by atoms with Gasteiger partial charge in [-0.05, 0) is 37.1 Å². The topological polar surface area (TPSA) is 54.0 Å². The molecule has 2 aromatic rings. The summed E-state index contributed by atoms with van der Waals surface area (Å²) < 4.78 is 0. The van der Waals surface area contributed by atoms with Crippen molar-refractivity contribution in [2.75, 3.05) is 17.2 Å². The Morgan fingerprint density at radius 2 is 1.95 bits per heavy atom. The van der Waals surface area contributed by atoms with Crippen LogP contribution < -0.4 is 10.6 Å². The molecule has 22 heavy (non-hydrogen) atoms. The molecular weight excluding hydrogens is 274 g/mol. The summed E-state index contributed by atoms with van der Waals surface area (Å²) in [7, 11) is 0. The van der Waals surface area contributed by atoms with Gasteiger partial charge >= 0.3 is 0 Å². The van der Waals surface area contributed by atoms with Gasteiger partial charge in [0.15, 0.2) is 0 Å². The second-order valence-corrected chi connectivity index (χ2v) is 5.34. The van der Waals surface area contributed by atoms with E-state index in [1.54, 1.807) is 12.3 Å². The maximum atomic E-state index is 12.2. The van der Waals surface area contributed by atoms with E-state index in [-0.39, 0.29) is 5.91 Å². The molecule has 0 atom stereocenters. The van der Waals surface area contributed by atoms with Crippen LogP contribution in [0.5, 0.6) is 0 Å². The molecule has 0 radical (unpaired) electrons. The van der Waals surface area contributed by atoms with Gasteiger partial charge in [-0.25, -0.2) is 4.98 Å². The molecular formula is C18H23N3O. The number of carbonyl (C=O) groups excluding carboxylic acids is 1. The number of nitrogens with zero attached hydrogens (tertiary/aromatic N) is 1. The molecule has 0 saturated heterocycles. The van der Waals surface area contributed by atoms with Crippen LogP contribution in [0.15, 0.2) is 42.6 Å². The molecule has 0 spiro atoms. The van der Waals surface area contributed by atoms with E-state index in [1.165, 1.54) is 12.8 Å². The number of para-hydroxylation sites is 1. The first-order valence-corrected chi connectivity index (χ1v) is 7.77. The molecule has 1 amide bonds. The predicted molar refractivity (Wildman–Crippen MR) is 91.4 cm³/mol. The molecule has 0 aliphatic heterocycles. The molecule has 0 unspecified atom stereocenters. The Bertz CT molecular complexity index is 608. The number of aromatic nitrogens is 1. The van der Waals surface area contributed by atoms with Crippen LogP contribution >= 0.6 is 0 Å². The van der Waals surface area contributed by atoms with Crippen molar-refractivity contribution in [3.63, 3.8) is 0 Å². The lowest BCUT2D eigenvalue weighted by atomic mass is 10.2. The van der Waals surface area contributed by atoms with E-state index in [0.717, 1.165) is 30.0 Å². The van der Waals surface area contributed by atoms with Crippen LogP contribution in [0, 0.1) is 6.92 Å². The lowest BCUT2D eigenvalue weighted by Gasteiger charge is -2.09. The highest BCUT2D eigenvalue weighted by atomic mass is 16.1. The average molecular weight is 297 g/mol. The van der Waals surface area contributed by atoms with Crippen molar-refractivity contribution in [1.29, 1.82) is 0 Å². The molecule has 2 N–H and O–H groups in total. The van der Waals surface area contributed by atoms with E-state index in [4.69, 9.17) is 0 Å². The highest BCUT2D eigenvalue weighted by Gasteiger charge is 2.07. The van der Waals surface area contributed by atoms with Gasteiger partial charge in [0.05, 0.1) is 5.56 Å². The minimum Gasteiger partial charge on any atom is -0.370 e. The van der Waals surface area contributed by atoms with E-state index in [0.29, 0.717) is 5.56 Å². The summed E-state index contributed by atoms with van der Waals surface area (Å²) in [5.41, 5.74) is 2.43. The van der Waals surface area contributed by atoms with Gasteiger partial charge in [0.25, 0.3) is 5.91 Å². The first-order chi connectivity index (χ1) is 10.7. The smallest absolute Gasteiger partial charge is 0.257 e. The first kappa shape index (κ1) is 16.0. The number of benzene rings is 1. The number of aryl methyl sites for hydroxylation is 1. The fourth-order valence-corrected chi connectivity index (χ4v) is 2.13. The van der Waals surface area contributed by atoms with Crippen molar-refractivity contribution in [2.24, 2.45) is 0 Å². The zero-order chi connectivity index (χ0) is 15.8. The first-order valence-electron chi connectivity index (χ1n) is 7.77. The molecule has 0 fully saturated rings. The number of anilines is 2. The van der Waals surface area contributed by atoms with Crippen LogP contribution in [0.1, 0.15) is 42.1 Å². The van der Waals surface area contributed by atoms with Crippen molar-refractivity contribution in [2.45, 2.75) is 33.1 Å². The maximum absolute atomic E-state index is 12.2. The molecule has 1 heterocycles. The van der Waals surface area contributed by atoms with E-state index >= 15 is 0 Å². The molecule has 116 valence electrons. The van der Waals surface area contributed by atoms with Gasteiger partial charge in [0, 0.05) is 18.4 Å². The van der Waals surface area contributed by atoms with Gasteiger partial charge in [-0.15, -0.1) is 0 Å². The highest BCUT2D eigenvalue weighted by Crippen LogP contribution is 2.15. The molecule has 1 aromatic heterocycles. The van der Waals surface area contributed by atoms with Gasteiger partial charge in [0.2, 0.25) is 0 Å². The Balaban J connectivity index is 1.92. The molecule has 0 bridgehead atoms. The van der Waals surface area contributed by atoms with E-state index in [9.17, 15) is 4.79 Å². The van der Waals surface area contributed by atoms with Crippen molar-refractivity contribution in [3.8, 4) is 0 Å². The summed E-state index contributed by atoms with van der Waals surface area (Å²) in [5, 5.41) is 6.17. The quantitative estimate of drug-likeness (QED) is 0.751. The Labute approximate surface area is 132 Å². The van der Waals surface area contributed by atoms with E-state index in [1.807, 2.05) is 37.3 Å². The van der Waals surface area contributed by atoms with Gasteiger partial charge in [-0.3, -0.25) is 4.79 Å². The third-order valence-corrected chi connectivity index (χ3v) is 3.51. The Kier molecular flexibility index (Phi) is 5.95. The van der Waals surface area contributed by atoms with Crippen LogP contribution in [0.25, 0.3) is 0 Å². The van der Waals surface area contributed by atoms with Gasteiger partial charge < -0.3 is 10.6 Å². The number of amides is 1. The largest absolute Gasteiger partial charge is 0.370 e. The van der Waals surface area contributed by atoms with Crippen molar-refractivity contribution in [1.82, 2.24) is 4.98 Å². The summed E-state index contributed by atoms with van der Waals surface area (Å²) in [6.45, 7) is 5.06. The van der Waals surface area contributed by atoms with Crippen LogP contribution in [0.2, 0.25) is 0 Å². The number of unbranched alkanes of at least 4 members (excludes halogenated alkanes) is 2. The molecule has 0 aliphatic carbocycles. The van der Waals surface area contributed by atoms with Crippen molar-refractivity contribution in [3.05, 3.63) is 53.7 Å². The Hall–Kier alpha value is -2.36. The van der Waals surface area contributed by atoms with Gasteiger partial charge in [-0.2, -0.15) is 0 Å². The second-order valence-electron chi connectivity index (χ2n) is 5.34. The molecule has 4 nitrogen and oxygen atoms in total. The van der Waals surface area contributed by atoms with Crippen LogP contribution in [-0.2, 0) is 0 Å². The molecule has 0 saturated carbocycles. The van der Waals surface area contributed by atoms with Gasteiger partial charge in [0.1, 0.15) is 5.82 Å². The summed E-state index contributed by atoms with van der Waals surface area (Å²) in [5.74, 6) is 0.669. The standard InChI is InChI=1S/C18H23N3O/c1-3-4-7-12-19-17-11-10-15(13-20-17)18(22)21-16-9-6-5-8-14(16)2/h5-6,8-11,13H,3-4,7,12H2,1-2H3,(H,19,20)(H,21,22). The predicted octanol–water partition coefficient (Wildman–Crippen LogP) is 4.24. The number of hydrogen-bond donors (Lipinski definition) is 2. The Morgan fingerprint density at radius 1 is 1.14 bits per heavy atom. The minimum absolute atomic E-state index is 0.140. The van der Waals surface area contributed by atoms with Crippen molar-refractivity contribution >= 4 is 17.4 Å². The van der Waals surface area contributed by atoms with Crippen LogP contribution in [0.3, 0.4) is 0 Å². The van der Waals surface area contributed by atoms with Crippen LogP contribution in [-0.4, -0.2) is 17.4 Å². The zero-order valence-corrected chi connectivity index (χ0v) is 13.2. The zero-order valence-electron chi connectivity index (χ0n) is 13.2. The molecule has 1 aromatic carbocycles. The maximum Gasteiger partial charge on any atom is 0.257 e. The number of carbonyl (C=O) groups is 1. The lowest BCUT2D eigenvalue weighted by Crippen LogP contribution is -2.13. The summed E-state index contributed by atoms with van der Waals surface area (Å²) >= 11 is 0. The lowest BCUT2D eigenvalue weighted by molar-refractivity contribution is 0.102. The SMILES string of the molecule is CCCCCNc1ccc(C(=O)Nc2ccccc2C)cn1. The molecule has 0 aliphatic rings. The normalized spacial score (nSPS) is 10.3. The minimum atomic E-state index is -0.140. The Morgan fingerprint density at radius 3 is 2.64 bits per heavy atom. The summed E-state index contributed by atoms with van der Waals surface area (Å²) in [4.78, 5) is 16.5. The third kappa shape index (κ3) is 4.58. The second kappa shape index (κ2) is 8.17. The molecule has 4 heteroatoms. The monoisotopic (exact) mass is 297 g/mol. The molecule has 2 rings (SSSR count). The van der Waals surface area contributed by atoms with Crippen molar-refractivity contribution < 1.29 is 4.79 Å². The van der Waals surface area contributed by atoms with Gasteiger partial charge in [-0.1, -0.05) is 38.0 Å². The highest BCUT2D eigenvalue weighted by molar-refractivity contribution is 6.04. The number of rotatable bonds is 7.